The van der Waals surface area contributed by atoms with Crippen molar-refractivity contribution in [2.75, 3.05) is 17.6 Å². The zero-order chi connectivity index (χ0) is 67.2. The highest BCUT2D eigenvalue weighted by Crippen LogP contribution is 2.35. The molecule has 3 aliphatic carbocycles. The number of nitrogens with zero attached hydrogens (tertiary/aromatic N) is 18. The maximum absolute atomic E-state index is 13.8. The van der Waals surface area contributed by atoms with E-state index >= 15 is 0 Å². The average Bonchev–Trinajstić information content (AvgIpc) is 1.46. The van der Waals surface area contributed by atoms with Gasteiger partial charge in [-0.25, -0.2) is 9.36 Å². The minimum Gasteiger partial charge on any atom is -0.435 e. The summed E-state index contributed by atoms with van der Waals surface area (Å²) in [4.78, 5) is 39.1. The van der Waals surface area contributed by atoms with Crippen LogP contribution in [0.4, 0.5) is 29.1 Å². The molecule has 5 N–H and O–H groups in total. The van der Waals surface area contributed by atoms with Gasteiger partial charge in [0, 0.05) is 75.5 Å². The van der Waals surface area contributed by atoms with Gasteiger partial charge < -0.3 is 30.6 Å². The topological polar surface area (TPSA) is 317 Å². The minimum atomic E-state index is -2.93. The third-order valence-electron chi connectivity index (χ3n) is 16.0. The molecule has 0 radical (unpaired) electrons. The number of rotatable bonds is 16. The number of aryl methyl sites for hydroxylation is 3. The van der Waals surface area contributed by atoms with E-state index in [9.17, 15) is 31.9 Å². The number of ether oxygens (including phenoxy) is 2. The summed E-state index contributed by atoms with van der Waals surface area (Å²) in [7, 11) is 3.93. The molecule has 0 saturated heterocycles. The molecule has 492 valence electrons. The van der Waals surface area contributed by atoms with Gasteiger partial charge in [0.05, 0.1) is 39.2 Å². The van der Waals surface area contributed by atoms with Crippen LogP contribution in [0.3, 0.4) is 0 Å². The number of hydrogen-bond donors (Lipinski definition) is 4. The Labute approximate surface area is 549 Å². The van der Waals surface area contributed by atoms with Crippen molar-refractivity contribution in [3.63, 3.8) is 0 Å². The first-order valence-corrected chi connectivity index (χ1v) is 30.9. The summed E-state index contributed by atoms with van der Waals surface area (Å²) in [6, 6.07) is 27.4. The fourth-order valence-electron chi connectivity index (χ4n) is 10.7. The van der Waals surface area contributed by atoms with Gasteiger partial charge in [-0.05, 0) is 146 Å². The second kappa shape index (κ2) is 26.7. The summed E-state index contributed by atoms with van der Waals surface area (Å²) in [5, 5.41) is 66.2. The highest BCUT2D eigenvalue weighted by atomic mass is 35.5. The Morgan fingerprint density at radius 3 is 1.42 bits per heavy atom. The summed E-state index contributed by atoms with van der Waals surface area (Å²) in [6.07, 6.45) is 12.6. The lowest BCUT2D eigenvalue weighted by atomic mass is 9.80. The van der Waals surface area contributed by atoms with E-state index in [0.717, 1.165) is 58.6 Å². The zero-order valence-electron chi connectivity index (χ0n) is 51.2. The van der Waals surface area contributed by atoms with E-state index in [0.29, 0.717) is 80.5 Å². The maximum Gasteiger partial charge on any atom is 0.488 e. The van der Waals surface area contributed by atoms with E-state index in [2.05, 4.69) is 66.0 Å². The van der Waals surface area contributed by atoms with E-state index in [1.807, 2.05) is 76.1 Å². The molecule has 0 spiro atoms. The summed E-state index contributed by atoms with van der Waals surface area (Å²) < 4.78 is 69.4. The van der Waals surface area contributed by atoms with Crippen LogP contribution in [0.25, 0.3) is 83.2 Å². The Balaban J connectivity index is 0.000000121. The number of aromatic nitrogens is 18. The van der Waals surface area contributed by atoms with Crippen molar-refractivity contribution in [2.45, 2.75) is 64.8 Å². The molecular weight excluding hydrogens is 1290 g/mol. The van der Waals surface area contributed by atoms with Gasteiger partial charge in [-0.2, -0.15) is 46.9 Å². The second-order valence-electron chi connectivity index (χ2n) is 23.4. The van der Waals surface area contributed by atoms with Crippen molar-refractivity contribution < 1.29 is 37.1 Å². The molecule has 3 aliphatic rings. The number of alkyl halides is 4. The molecule has 0 unspecified atom stereocenters. The lowest BCUT2D eigenvalue weighted by Crippen LogP contribution is -2.29. The highest BCUT2D eigenvalue weighted by Gasteiger charge is 2.29. The number of nitrogen functional groups attached to an aromatic ring is 1. The quantitative estimate of drug-likeness (QED) is 0.0534. The molecule has 0 atom stereocenters. The number of anilines is 2. The van der Waals surface area contributed by atoms with Gasteiger partial charge in [0.2, 0.25) is 11.3 Å². The van der Waals surface area contributed by atoms with E-state index in [-0.39, 0.29) is 43.9 Å². The molecular formula is C62H57BCl2F4N20O7. The van der Waals surface area contributed by atoms with E-state index in [4.69, 9.17) is 39.0 Å². The standard InChI is InChI=1S/C23H19F2N7O2.C16H14ClN7O.C16H17ClN6O.C7H7BF2O3/c1-30-12-15-10-16(6-9-18(15)27-30)32-22(33)19(14-4-7-17(8-5-14)34-23(24)25)20-21(28-32)26-29-31(20)11-13-2-3-13;1-22-8-10-6-11(4-5-12(10)19-22)24-16(25)13(17)14-15(20-24)18-21-23(14)7-9-2-3-9;1-22-8-10-6-11(4-5-12(10)20-22)23-16(24)13(17)14(15(18)21-23)19-7-9-2-3-9;9-7(10)13-6-3-1-5(2-4-6)8(11)12/h4-10,12-13,23H,2-3,11H2,1H3;4-6,8-9H,2-3,7H2,1H3;4-6,8-9,19H,2-3,7H2,1H3,(H2,18,21);1-4,7,11-12H. The van der Waals surface area contributed by atoms with Crippen molar-refractivity contribution in [1.82, 2.24) is 88.7 Å². The van der Waals surface area contributed by atoms with Gasteiger partial charge in [0.1, 0.15) is 38.3 Å². The summed E-state index contributed by atoms with van der Waals surface area (Å²) >= 11 is 12.6. The Bertz CT molecular complexity index is 5240. The minimum absolute atomic E-state index is 0.0102. The van der Waals surface area contributed by atoms with Gasteiger partial charge in [0.25, 0.3) is 16.7 Å². The predicted molar refractivity (Wildman–Crippen MR) is 351 cm³/mol. The molecule has 0 bridgehead atoms. The van der Waals surface area contributed by atoms with Crippen molar-refractivity contribution >= 4 is 102 Å². The molecule has 5 aromatic carbocycles. The first-order valence-electron chi connectivity index (χ1n) is 30.2. The third-order valence-corrected chi connectivity index (χ3v) is 16.6. The molecule has 8 aromatic heterocycles. The van der Waals surface area contributed by atoms with E-state index < -0.39 is 25.9 Å². The van der Waals surface area contributed by atoms with E-state index in [1.54, 1.807) is 53.7 Å². The summed E-state index contributed by atoms with van der Waals surface area (Å²) in [6.45, 7) is -3.67. The molecule has 96 heavy (non-hydrogen) atoms. The van der Waals surface area contributed by atoms with Crippen LogP contribution in [0.5, 0.6) is 11.5 Å². The van der Waals surface area contributed by atoms with Gasteiger partial charge in [0.15, 0.2) is 5.82 Å². The van der Waals surface area contributed by atoms with Crippen LogP contribution in [0, 0.1) is 17.8 Å². The Hall–Kier alpha value is -10.6. The molecule has 13 aromatic rings. The Kier molecular flexibility index (Phi) is 17.8. The number of fused-ring (bicyclic) bond motifs is 5. The summed E-state index contributed by atoms with van der Waals surface area (Å²) in [5.41, 5.74) is 12.4. The van der Waals surface area contributed by atoms with E-state index in [1.165, 1.54) is 76.1 Å². The average molecular weight is 1350 g/mol. The van der Waals surface area contributed by atoms with Gasteiger partial charge in [-0.15, -0.1) is 25.5 Å². The molecule has 3 saturated carbocycles. The largest absolute Gasteiger partial charge is 0.488 e. The van der Waals surface area contributed by atoms with Crippen LogP contribution >= 0.6 is 23.2 Å². The lowest BCUT2D eigenvalue weighted by molar-refractivity contribution is -0.0505. The molecule has 16 rings (SSSR count). The highest BCUT2D eigenvalue weighted by molar-refractivity contribution is 6.58. The SMILES string of the molecule is Cn1cc2cc(-n3nc(N)c(NCC4CC4)c(Cl)c3=O)ccc2n1.Cn1cc2cc(-n3nc4nnn(CC5CC5)c4c(-c4ccc(OC(F)F)cc4)c3=O)ccc2n1.Cn1cc2cc(-n3nc4nnn(CC5CC5)c4c(Cl)c3=O)ccc2n1.OB(O)c1ccc(OC(F)F)cc1. The number of nitrogens with one attached hydrogen (secondary N) is 1. The molecule has 0 amide bonds. The zero-order valence-corrected chi connectivity index (χ0v) is 52.7. The molecule has 27 nitrogen and oxygen atoms in total. The second-order valence-corrected chi connectivity index (χ2v) is 24.1. The first-order chi connectivity index (χ1) is 46.2. The number of halogens is 6. The van der Waals surface area contributed by atoms with Crippen LogP contribution in [0.15, 0.2) is 136 Å². The van der Waals surface area contributed by atoms with Gasteiger partial charge in [-0.1, -0.05) is 57.9 Å². The number of nitrogens with two attached hydrogens (primary N) is 1. The smallest absolute Gasteiger partial charge is 0.435 e. The maximum atomic E-state index is 13.8. The van der Waals surface area contributed by atoms with Crippen LogP contribution in [0.2, 0.25) is 10.0 Å². The predicted octanol–water partition coefficient (Wildman–Crippen LogP) is 7.61. The van der Waals surface area contributed by atoms with Crippen molar-refractivity contribution in [1.29, 1.82) is 0 Å². The summed E-state index contributed by atoms with van der Waals surface area (Å²) in [5.74, 6) is 1.93. The third kappa shape index (κ3) is 14.1. The van der Waals surface area contributed by atoms with Crippen molar-refractivity contribution in [3.8, 4) is 39.7 Å². The van der Waals surface area contributed by atoms with Crippen LogP contribution < -0.4 is 42.7 Å². The van der Waals surface area contributed by atoms with Crippen LogP contribution in [0.1, 0.15) is 38.5 Å². The Morgan fingerprint density at radius 2 is 0.969 bits per heavy atom. The van der Waals surface area contributed by atoms with Gasteiger partial charge in [-0.3, -0.25) is 28.4 Å². The molecule has 34 heteroatoms. The Morgan fingerprint density at radius 1 is 0.552 bits per heavy atom. The van der Waals surface area contributed by atoms with Crippen LogP contribution in [-0.2, 0) is 34.2 Å². The fraction of sp³-hybridized carbons (Fsp3) is 0.274. The monoisotopic (exact) mass is 1350 g/mol. The van der Waals surface area contributed by atoms with Gasteiger partial charge >= 0.3 is 20.3 Å². The fourth-order valence-corrected chi connectivity index (χ4v) is 11.2. The number of hydrogen-bond acceptors (Lipinski definition) is 19. The first kappa shape index (κ1) is 64.2. The number of benzene rings is 5. The normalized spacial score (nSPS) is 13.7. The van der Waals surface area contributed by atoms with Crippen molar-refractivity contribution in [3.05, 3.63) is 163 Å². The molecule has 8 heterocycles. The molecule has 0 aliphatic heterocycles. The molecule has 3 fully saturated rings. The van der Waals surface area contributed by atoms with Crippen molar-refractivity contribution in [2.24, 2.45) is 38.9 Å². The van der Waals surface area contributed by atoms with Crippen LogP contribution in [-0.4, -0.2) is 126 Å². The lowest BCUT2D eigenvalue weighted by Gasteiger charge is -2.13.